The Hall–Kier alpha value is -2.70. The Labute approximate surface area is 145 Å². The minimum Gasteiger partial charge on any atom is -0.394 e. The van der Waals surface area contributed by atoms with Crippen molar-refractivity contribution in [2.75, 3.05) is 13.7 Å². The number of nitrogens with one attached hydrogen (secondary N) is 2. The summed E-state index contributed by atoms with van der Waals surface area (Å²) < 4.78 is 2.04. The lowest BCUT2D eigenvalue weighted by Crippen LogP contribution is -2.38. The van der Waals surface area contributed by atoms with Crippen molar-refractivity contribution in [3.05, 3.63) is 53.6 Å². The number of hydrogen-bond acceptors (Lipinski definition) is 4. The fourth-order valence-electron chi connectivity index (χ4n) is 3.38. The van der Waals surface area contributed by atoms with Crippen LogP contribution in [0.15, 0.2) is 42.5 Å². The number of aliphatic hydroxyl groups excluding tert-OH is 1. The van der Waals surface area contributed by atoms with Crippen molar-refractivity contribution in [1.82, 2.24) is 20.2 Å². The molecule has 6 heteroatoms. The zero-order chi connectivity index (χ0) is 17.4. The quantitative estimate of drug-likeness (QED) is 0.675. The lowest BCUT2D eigenvalue weighted by atomic mass is 10.1. The van der Waals surface area contributed by atoms with Crippen LogP contribution in [0.25, 0.3) is 22.4 Å². The van der Waals surface area contributed by atoms with Gasteiger partial charge in [-0.15, -0.1) is 0 Å². The third kappa shape index (κ3) is 2.69. The maximum Gasteiger partial charge on any atom is 0.253 e. The van der Waals surface area contributed by atoms with Gasteiger partial charge in [0.1, 0.15) is 5.82 Å². The highest BCUT2D eigenvalue weighted by atomic mass is 16.3. The monoisotopic (exact) mass is 336 g/mol. The Kier molecular flexibility index (Phi) is 3.99. The second kappa shape index (κ2) is 6.31. The number of benzene rings is 2. The molecule has 0 fully saturated rings. The lowest BCUT2D eigenvalue weighted by molar-refractivity contribution is 0.0917. The van der Waals surface area contributed by atoms with Gasteiger partial charge in [-0.3, -0.25) is 4.79 Å². The van der Waals surface area contributed by atoms with Gasteiger partial charge in [-0.05, 0) is 24.7 Å². The van der Waals surface area contributed by atoms with Crippen LogP contribution in [0.4, 0.5) is 0 Å². The first-order valence-electron chi connectivity index (χ1n) is 8.36. The Morgan fingerprint density at radius 3 is 2.80 bits per heavy atom. The first kappa shape index (κ1) is 15.8. The second-order valence-corrected chi connectivity index (χ2v) is 6.30. The van der Waals surface area contributed by atoms with Crippen molar-refractivity contribution in [2.24, 2.45) is 0 Å². The van der Waals surface area contributed by atoms with E-state index in [1.54, 1.807) is 6.07 Å². The number of carbonyl (C=O) groups is 1. The second-order valence-electron chi connectivity index (χ2n) is 6.30. The molecule has 0 saturated heterocycles. The van der Waals surface area contributed by atoms with Crippen molar-refractivity contribution in [2.45, 2.75) is 19.1 Å². The maximum absolute atomic E-state index is 12.5. The number of imidazole rings is 1. The Bertz CT molecular complexity index is 930. The summed E-state index contributed by atoms with van der Waals surface area (Å²) in [5.74, 6) is 0.646. The van der Waals surface area contributed by atoms with Crippen molar-refractivity contribution < 1.29 is 9.90 Å². The van der Waals surface area contributed by atoms with E-state index in [1.165, 1.54) is 5.56 Å². The number of rotatable bonds is 4. The molecule has 0 spiro atoms. The highest BCUT2D eigenvalue weighted by Gasteiger charge is 2.26. The number of hydrogen-bond donors (Lipinski definition) is 3. The van der Waals surface area contributed by atoms with Gasteiger partial charge in [0.25, 0.3) is 5.91 Å². The van der Waals surface area contributed by atoms with E-state index in [4.69, 9.17) is 4.98 Å². The lowest BCUT2D eigenvalue weighted by Gasteiger charge is -2.15. The molecule has 6 nitrogen and oxygen atoms in total. The molecule has 1 aliphatic heterocycles. The minimum atomic E-state index is -0.334. The van der Waals surface area contributed by atoms with Gasteiger partial charge >= 0.3 is 0 Å². The van der Waals surface area contributed by atoms with Gasteiger partial charge in [-0.1, -0.05) is 30.3 Å². The summed E-state index contributed by atoms with van der Waals surface area (Å²) in [5.41, 5.74) is 4.40. The van der Waals surface area contributed by atoms with Crippen LogP contribution in [0.3, 0.4) is 0 Å². The third-order valence-electron chi connectivity index (χ3n) is 4.56. The van der Waals surface area contributed by atoms with E-state index in [-0.39, 0.29) is 18.6 Å². The normalized spacial score (nSPS) is 16.7. The van der Waals surface area contributed by atoms with Gasteiger partial charge in [-0.25, -0.2) is 4.98 Å². The van der Waals surface area contributed by atoms with Crippen LogP contribution in [-0.4, -0.2) is 40.3 Å². The molecule has 2 aromatic carbocycles. The molecule has 2 heterocycles. The molecule has 3 N–H and O–H groups in total. The number of amides is 1. The highest BCUT2D eigenvalue weighted by molar-refractivity contribution is 6.06. The summed E-state index contributed by atoms with van der Waals surface area (Å²) in [7, 11) is 1.92. The molecule has 3 aromatic rings. The SMILES string of the molecule is CNCc1ccc(-c2nc3cccc4c3n2CC(CO)NC4=O)cc1. The van der Waals surface area contributed by atoms with Crippen LogP contribution in [0, 0.1) is 0 Å². The van der Waals surface area contributed by atoms with Crippen molar-refractivity contribution in [1.29, 1.82) is 0 Å². The van der Waals surface area contributed by atoms with Crippen LogP contribution in [0.2, 0.25) is 0 Å². The molecule has 1 atom stereocenters. The number of nitrogens with zero attached hydrogens (tertiary/aromatic N) is 2. The van der Waals surface area contributed by atoms with Gasteiger partial charge in [0.15, 0.2) is 0 Å². The van der Waals surface area contributed by atoms with E-state index < -0.39 is 0 Å². The molecule has 1 aromatic heterocycles. The molecule has 0 bridgehead atoms. The number of aliphatic hydroxyl groups is 1. The summed E-state index contributed by atoms with van der Waals surface area (Å²) in [5, 5.41) is 15.6. The molecule has 1 aliphatic rings. The average Bonchev–Trinajstić information content (AvgIpc) is 2.92. The van der Waals surface area contributed by atoms with Crippen molar-refractivity contribution >= 4 is 16.9 Å². The molecule has 4 rings (SSSR count). The zero-order valence-corrected chi connectivity index (χ0v) is 14.0. The summed E-state index contributed by atoms with van der Waals surface area (Å²) >= 11 is 0. The molecular weight excluding hydrogens is 316 g/mol. The van der Waals surface area contributed by atoms with Crippen LogP contribution in [-0.2, 0) is 13.1 Å². The maximum atomic E-state index is 12.5. The Morgan fingerprint density at radius 1 is 1.28 bits per heavy atom. The van der Waals surface area contributed by atoms with E-state index in [9.17, 15) is 9.90 Å². The van der Waals surface area contributed by atoms with E-state index in [0.717, 1.165) is 29.0 Å². The Morgan fingerprint density at radius 2 is 2.08 bits per heavy atom. The first-order chi connectivity index (χ1) is 12.2. The van der Waals surface area contributed by atoms with Gasteiger partial charge in [0.2, 0.25) is 0 Å². The molecule has 0 aliphatic carbocycles. The van der Waals surface area contributed by atoms with E-state index >= 15 is 0 Å². The fraction of sp³-hybridized carbons (Fsp3) is 0.263. The fourth-order valence-corrected chi connectivity index (χ4v) is 3.38. The predicted octanol–water partition coefficient (Wildman–Crippen LogP) is 1.53. The van der Waals surface area contributed by atoms with Crippen molar-refractivity contribution in [3.8, 4) is 11.4 Å². The van der Waals surface area contributed by atoms with Crippen LogP contribution in [0.5, 0.6) is 0 Å². The molecule has 25 heavy (non-hydrogen) atoms. The van der Waals surface area contributed by atoms with E-state index in [0.29, 0.717) is 12.1 Å². The van der Waals surface area contributed by atoms with E-state index in [1.807, 2.05) is 35.9 Å². The Balaban J connectivity index is 1.89. The molecule has 128 valence electrons. The van der Waals surface area contributed by atoms with Gasteiger partial charge in [-0.2, -0.15) is 0 Å². The van der Waals surface area contributed by atoms with Gasteiger partial charge < -0.3 is 20.3 Å². The summed E-state index contributed by atoms with van der Waals surface area (Å²) in [6.07, 6.45) is 0. The first-order valence-corrected chi connectivity index (χ1v) is 8.36. The molecule has 0 saturated carbocycles. The molecule has 0 radical (unpaired) electrons. The topological polar surface area (TPSA) is 79.2 Å². The standard InChI is InChI=1S/C19H20N4O2/c1-20-9-12-5-7-13(8-6-12)18-22-16-4-2-3-15-17(16)23(18)10-14(11-24)21-19(15)25/h2-8,14,20,24H,9-11H2,1H3,(H,21,25). The molecule has 1 unspecified atom stereocenters. The number of para-hydroxylation sites is 1. The summed E-state index contributed by atoms with van der Waals surface area (Å²) in [6.45, 7) is 1.19. The summed E-state index contributed by atoms with van der Waals surface area (Å²) in [4.78, 5) is 17.2. The smallest absolute Gasteiger partial charge is 0.253 e. The predicted molar refractivity (Wildman–Crippen MR) is 96.3 cm³/mol. The zero-order valence-electron chi connectivity index (χ0n) is 14.0. The molecule has 1 amide bonds. The largest absolute Gasteiger partial charge is 0.394 e. The number of carbonyl (C=O) groups excluding carboxylic acids is 1. The van der Waals surface area contributed by atoms with Crippen molar-refractivity contribution in [3.63, 3.8) is 0 Å². The van der Waals surface area contributed by atoms with Crippen LogP contribution >= 0.6 is 0 Å². The van der Waals surface area contributed by atoms with Crippen LogP contribution < -0.4 is 10.6 Å². The van der Waals surface area contributed by atoms with Gasteiger partial charge in [0.05, 0.1) is 29.2 Å². The van der Waals surface area contributed by atoms with Gasteiger partial charge in [0, 0.05) is 18.7 Å². The van der Waals surface area contributed by atoms with E-state index in [2.05, 4.69) is 22.8 Å². The summed E-state index contributed by atoms with van der Waals surface area (Å²) in [6, 6.07) is 13.5. The molecular formula is C19H20N4O2. The van der Waals surface area contributed by atoms with Crippen LogP contribution in [0.1, 0.15) is 15.9 Å². The third-order valence-corrected chi connectivity index (χ3v) is 4.56. The average molecular weight is 336 g/mol. The highest BCUT2D eigenvalue weighted by Crippen LogP contribution is 2.29. The minimum absolute atomic E-state index is 0.111. The number of aromatic nitrogens is 2.